The molecular formula is C13H20N4. The molecule has 1 N–H and O–H groups in total. The molecule has 4 heteroatoms. The zero-order valence-electron chi connectivity index (χ0n) is 10.4. The van der Waals surface area contributed by atoms with Crippen LogP contribution in [0.1, 0.15) is 31.9 Å². The van der Waals surface area contributed by atoms with Crippen molar-refractivity contribution < 1.29 is 0 Å². The maximum Gasteiger partial charge on any atom is 0.129 e. The Kier molecular flexibility index (Phi) is 2.97. The van der Waals surface area contributed by atoms with Gasteiger partial charge in [-0.25, -0.2) is 9.97 Å². The molecule has 1 aromatic heterocycles. The summed E-state index contributed by atoms with van der Waals surface area (Å²) in [6.07, 6.45) is 6.58. The molecule has 2 aliphatic heterocycles. The lowest BCUT2D eigenvalue weighted by molar-refractivity contribution is 0.318. The molecule has 17 heavy (non-hydrogen) atoms. The predicted molar refractivity (Wildman–Crippen MR) is 68.0 cm³/mol. The Morgan fingerprint density at radius 1 is 1.35 bits per heavy atom. The number of fused-ring (bicyclic) bond motifs is 1. The first kappa shape index (κ1) is 11.0. The second-order valence-electron chi connectivity index (χ2n) is 5.03. The molecule has 4 nitrogen and oxygen atoms in total. The number of rotatable bonds is 3. The first-order valence-corrected chi connectivity index (χ1v) is 6.68. The van der Waals surface area contributed by atoms with Crippen molar-refractivity contribution in [3.05, 3.63) is 18.1 Å². The Morgan fingerprint density at radius 2 is 2.29 bits per heavy atom. The second-order valence-corrected chi connectivity index (χ2v) is 5.03. The summed E-state index contributed by atoms with van der Waals surface area (Å²) in [5.41, 5.74) is 1.11. The summed E-state index contributed by atoms with van der Waals surface area (Å²) in [5.74, 6) is 0.996. The molecule has 0 amide bonds. The summed E-state index contributed by atoms with van der Waals surface area (Å²) >= 11 is 0. The molecule has 1 aromatic rings. The van der Waals surface area contributed by atoms with Crippen LogP contribution in [0.3, 0.4) is 0 Å². The Morgan fingerprint density at radius 3 is 3.18 bits per heavy atom. The number of aromatic nitrogens is 2. The van der Waals surface area contributed by atoms with Crippen molar-refractivity contribution in [2.24, 2.45) is 0 Å². The molecule has 3 rings (SSSR count). The van der Waals surface area contributed by atoms with Crippen LogP contribution in [0.4, 0.5) is 5.82 Å². The minimum atomic E-state index is 0.581. The summed E-state index contributed by atoms with van der Waals surface area (Å²) < 4.78 is 0. The van der Waals surface area contributed by atoms with E-state index in [0.717, 1.165) is 24.0 Å². The van der Waals surface area contributed by atoms with Crippen LogP contribution in [0.2, 0.25) is 0 Å². The van der Waals surface area contributed by atoms with Crippen LogP contribution >= 0.6 is 0 Å². The maximum absolute atomic E-state index is 4.32. The van der Waals surface area contributed by atoms with Crippen molar-refractivity contribution >= 4 is 5.82 Å². The van der Waals surface area contributed by atoms with Gasteiger partial charge in [0.05, 0.1) is 0 Å². The predicted octanol–water partition coefficient (Wildman–Crippen LogP) is 1.69. The zero-order valence-corrected chi connectivity index (χ0v) is 10.4. The van der Waals surface area contributed by atoms with Gasteiger partial charge in [0.1, 0.15) is 12.1 Å². The SMILES string of the molecule is CCc1cc(NC2CCN3CCCC23)ncn1. The summed E-state index contributed by atoms with van der Waals surface area (Å²) in [6.45, 7) is 4.65. The van der Waals surface area contributed by atoms with Gasteiger partial charge in [-0.2, -0.15) is 0 Å². The van der Waals surface area contributed by atoms with Crippen LogP contribution in [-0.4, -0.2) is 40.0 Å². The molecule has 2 saturated heterocycles. The Hall–Kier alpha value is -1.16. The van der Waals surface area contributed by atoms with Crippen LogP contribution in [0.5, 0.6) is 0 Å². The minimum absolute atomic E-state index is 0.581. The number of nitrogens with zero attached hydrogens (tertiary/aromatic N) is 3. The lowest BCUT2D eigenvalue weighted by atomic mass is 10.1. The molecule has 2 unspecified atom stereocenters. The van der Waals surface area contributed by atoms with E-state index >= 15 is 0 Å². The molecule has 0 bridgehead atoms. The second kappa shape index (κ2) is 4.61. The fraction of sp³-hybridized carbons (Fsp3) is 0.692. The van der Waals surface area contributed by atoms with E-state index in [4.69, 9.17) is 0 Å². The van der Waals surface area contributed by atoms with E-state index in [1.54, 1.807) is 6.33 Å². The van der Waals surface area contributed by atoms with Gasteiger partial charge in [-0.1, -0.05) is 6.92 Å². The van der Waals surface area contributed by atoms with Crippen LogP contribution < -0.4 is 5.32 Å². The molecule has 3 heterocycles. The van der Waals surface area contributed by atoms with Crippen molar-refractivity contribution in [2.45, 2.75) is 44.7 Å². The number of aryl methyl sites for hydroxylation is 1. The molecule has 92 valence electrons. The molecule has 2 atom stereocenters. The molecule has 0 spiro atoms. The quantitative estimate of drug-likeness (QED) is 0.861. The fourth-order valence-electron chi connectivity index (χ4n) is 3.11. The van der Waals surface area contributed by atoms with Gasteiger partial charge in [0.25, 0.3) is 0 Å². The van der Waals surface area contributed by atoms with Gasteiger partial charge in [0, 0.05) is 30.4 Å². The van der Waals surface area contributed by atoms with E-state index in [9.17, 15) is 0 Å². The maximum atomic E-state index is 4.32. The number of hydrogen-bond donors (Lipinski definition) is 1. The molecule has 2 fully saturated rings. The van der Waals surface area contributed by atoms with E-state index in [1.165, 1.54) is 32.4 Å². The Labute approximate surface area is 102 Å². The van der Waals surface area contributed by atoms with Crippen LogP contribution in [0, 0.1) is 0 Å². The third-order valence-corrected chi connectivity index (χ3v) is 4.03. The molecule has 0 saturated carbocycles. The summed E-state index contributed by atoms with van der Waals surface area (Å²) in [4.78, 5) is 11.2. The zero-order chi connectivity index (χ0) is 11.7. The largest absolute Gasteiger partial charge is 0.366 e. The highest BCUT2D eigenvalue weighted by atomic mass is 15.2. The van der Waals surface area contributed by atoms with Crippen molar-refractivity contribution in [3.8, 4) is 0 Å². The normalized spacial score (nSPS) is 28.3. The number of hydrogen-bond acceptors (Lipinski definition) is 4. The van der Waals surface area contributed by atoms with Gasteiger partial charge in [0.2, 0.25) is 0 Å². The summed E-state index contributed by atoms with van der Waals surface area (Å²) in [7, 11) is 0. The highest BCUT2D eigenvalue weighted by molar-refractivity contribution is 5.37. The lowest BCUT2D eigenvalue weighted by Crippen LogP contribution is -2.34. The number of anilines is 1. The van der Waals surface area contributed by atoms with Gasteiger partial charge in [-0.05, 0) is 32.2 Å². The Bertz CT molecular complexity index is 393. The van der Waals surface area contributed by atoms with Gasteiger partial charge in [-0.15, -0.1) is 0 Å². The van der Waals surface area contributed by atoms with E-state index in [0.29, 0.717) is 6.04 Å². The average molecular weight is 232 g/mol. The van der Waals surface area contributed by atoms with Crippen LogP contribution in [0.25, 0.3) is 0 Å². The summed E-state index contributed by atoms with van der Waals surface area (Å²) in [6, 6.07) is 3.39. The molecule has 0 radical (unpaired) electrons. The number of nitrogens with one attached hydrogen (secondary N) is 1. The van der Waals surface area contributed by atoms with Gasteiger partial charge < -0.3 is 5.32 Å². The first-order valence-electron chi connectivity index (χ1n) is 6.68. The van der Waals surface area contributed by atoms with Crippen molar-refractivity contribution in [2.75, 3.05) is 18.4 Å². The van der Waals surface area contributed by atoms with Crippen LogP contribution in [-0.2, 0) is 6.42 Å². The Balaban J connectivity index is 1.70. The van der Waals surface area contributed by atoms with Gasteiger partial charge in [0.15, 0.2) is 0 Å². The minimum Gasteiger partial charge on any atom is -0.366 e. The van der Waals surface area contributed by atoms with Crippen LogP contribution in [0.15, 0.2) is 12.4 Å². The smallest absolute Gasteiger partial charge is 0.129 e. The highest BCUT2D eigenvalue weighted by Gasteiger charge is 2.37. The first-order chi connectivity index (χ1) is 8.36. The standard InChI is InChI=1S/C13H20N4/c1-2-10-8-13(15-9-14-10)16-11-5-7-17-6-3-4-12(11)17/h8-9,11-12H,2-7H2,1H3,(H,14,15,16). The van der Waals surface area contributed by atoms with E-state index in [1.807, 2.05) is 0 Å². The fourth-order valence-corrected chi connectivity index (χ4v) is 3.11. The van der Waals surface area contributed by atoms with E-state index in [2.05, 4.69) is 33.2 Å². The molecular weight excluding hydrogens is 212 g/mol. The lowest BCUT2D eigenvalue weighted by Gasteiger charge is -2.21. The van der Waals surface area contributed by atoms with Crippen molar-refractivity contribution in [3.63, 3.8) is 0 Å². The molecule has 2 aliphatic rings. The highest BCUT2D eigenvalue weighted by Crippen LogP contribution is 2.29. The average Bonchev–Trinajstić information content (AvgIpc) is 2.94. The molecule has 0 aromatic carbocycles. The van der Waals surface area contributed by atoms with Crippen molar-refractivity contribution in [1.29, 1.82) is 0 Å². The third-order valence-electron chi connectivity index (χ3n) is 4.03. The topological polar surface area (TPSA) is 41.0 Å². The van der Waals surface area contributed by atoms with Gasteiger partial charge in [-0.3, -0.25) is 4.90 Å². The third kappa shape index (κ3) is 2.14. The van der Waals surface area contributed by atoms with E-state index < -0.39 is 0 Å². The van der Waals surface area contributed by atoms with E-state index in [-0.39, 0.29) is 0 Å². The van der Waals surface area contributed by atoms with Crippen molar-refractivity contribution in [1.82, 2.24) is 14.9 Å². The monoisotopic (exact) mass is 232 g/mol. The van der Waals surface area contributed by atoms with Gasteiger partial charge >= 0.3 is 0 Å². The summed E-state index contributed by atoms with van der Waals surface area (Å²) in [5, 5.41) is 3.59. The molecule has 0 aliphatic carbocycles.